The van der Waals surface area contributed by atoms with Crippen molar-refractivity contribution in [3.63, 3.8) is 0 Å². The molecule has 2 unspecified atom stereocenters. The molecule has 2 saturated heterocycles. The van der Waals surface area contributed by atoms with E-state index in [-0.39, 0.29) is 17.4 Å². The first-order valence-corrected chi connectivity index (χ1v) is 18.5. The zero-order chi connectivity index (χ0) is 38.1. The highest BCUT2D eigenvalue weighted by molar-refractivity contribution is 8.00. The fourth-order valence-corrected chi connectivity index (χ4v) is 7.55. The number of carbonyl (C=O) groups is 5. The number of β-lactam (4-membered cyclic amide) rings is 1. The monoisotopic (exact) mass is 737 g/mol. The molecule has 2 atom stereocenters. The Labute approximate surface area is 313 Å². The van der Waals surface area contributed by atoms with Crippen LogP contribution in [0.2, 0.25) is 0 Å². The first kappa shape index (κ1) is 37.4. The Morgan fingerprint density at radius 1 is 0.811 bits per heavy atom. The van der Waals surface area contributed by atoms with Crippen molar-refractivity contribution in [1.82, 2.24) is 10.2 Å². The van der Waals surface area contributed by atoms with Gasteiger partial charge in [-0.05, 0) is 95.0 Å². The molecule has 0 saturated carbocycles. The molecule has 1 N–H and O–H groups in total. The highest BCUT2D eigenvalue weighted by Gasteiger charge is 2.55. The summed E-state index contributed by atoms with van der Waals surface area (Å²) in [6, 6.07) is 24.4. The van der Waals surface area contributed by atoms with Crippen LogP contribution < -0.4 is 10.2 Å². The number of benzene rings is 3. The van der Waals surface area contributed by atoms with Crippen molar-refractivity contribution < 1.29 is 38.2 Å². The molecule has 12 heteroatoms. The number of fused-ring (bicyclic) bond motifs is 1. The standard InChI is InChI=1S/C41H43N3O8S/c1-40(2,3)51-37(47)27-17-19-30(20-18-27)43-22-21-28(34(43)45)23-29-24-53-36-31(42-39(49)52-41(4,5)6)35(46)44(36)32(29)38(48)50-33(25-13-9-7-10-14-25)26-15-11-8-12-16-26/h7-20,23,31,33,36H,21-22,24H2,1-6H3,(H,42,49)/b28-23+. The van der Waals surface area contributed by atoms with Gasteiger partial charge in [-0.3, -0.25) is 14.5 Å². The highest BCUT2D eigenvalue weighted by atomic mass is 32.2. The van der Waals surface area contributed by atoms with E-state index >= 15 is 0 Å². The van der Waals surface area contributed by atoms with E-state index in [1.54, 1.807) is 76.8 Å². The van der Waals surface area contributed by atoms with Gasteiger partial charge in [0.1, 0.15) is 28.3 Å². The predicted octanol–water partition coefficient (Wildman–Crippen LogP) is 6.70. The Kier molecular flexibility index (Phi) is 10.5. The van der Waals surface area contributed by atoms with Gasteiger partial charge in [-0.25, -0.2) is 14.4 Å². The van der Waals surface area contributed by atoms with E-state index < -0.39 is 52.7 Å². The van der Waals surface area contributed by atoms with Gasteiger partial charge in [0.05, 0.1) is 5.56 Å². The topological polar surface area (TPSA) is 132 Å². The van der Waals surface area contributed by atoms with Crippen LogP contribution in [-0.2, 0) is 28.6 Å². The number of esters is 2. The number of allylic oxidation sites excluding steroid dienone is 1. The summed E-state index contributed by atoms with van der Waals surface area (Å²) in [5.41, 5.74) is 2.01. The molecule has 6 rings (SSSR count). The highest BCUT2D eigenvalue weighted by Crippen LogP contribution is 2.43. The van der Waals surface area contributed by atoms with E-state index in [9.17, 15) is 24.0 Å². The van der Waals surface area contributed by atoms with Crippen LogP contribution in [0.5, 0.6) is 0 Å². The summed E-state index contributed by atoms with van der Waals surface area (Å²) in [7, 11) is 0. The maximum atomic E-state index is 14.4. The molecule has 3 heterocycles. The van der Waals surface area contributed by atoms with Gasteiger partial charge in [-0.15, -0.1) is 11.8 Å². The summed E-state index contributed by atoms with van der Waals surface area (Å²) in [6.45, 7) is 11.0. The molecule has 53 heavy (non-hydrogen) atoms. The Bertz CT molecular complexity index is 1920. The van der Waals surface area contributed by atoms with E-state index in [0.717, 1.165) is 11.1 Å². The lowest BCUT2D eigenvalue weighted by Gasteiger charge is -2.49. The molecule has 3 aromatic carbocycles. The van der Waals surface area contributed by atoms with E-state index in [4.69, 9.17) is 14.2 Å². The number of rotatable bonds is 8. The van der Waals surface area contributed by atoms with Crippen LogP contribution in [0, 0.1) is 0 Å². The summed E-state index contributed by atoms with van der Waals surface area (Å²) < 4.78 is 17.1. The van der Waals surface area contributed by atoms with Gasteiger partial charge in [-0.1, -0.05) is 60.7 Å². The molecular weight excluding hydrogens is 695 g/mol. The van der Waals surface area contributed by atoms with Crippen LogP contribution in [0.4, 0.5) is 10.5 Å². The number of hydrogen-bond acceptors (Lipinski definition) is 9. The largest absolute Gasteiger partial charge is 0.456 e. The van der Waals surface area contributed by atoms with E-state index in [1.807, 2.05) is 60.7 Å². The van der Waals surface area contributed by atoms with Gasteiger partial charge in [0.15, 0.2) is 6.10 Å². The average molecular weight is 738 g/mol. The molecule has 11 nitrogen and oxygen atoms in total. The maximum Gasteiger partial charge on any atom is 0.408 e. The fourth-order valence-electron chi connectivity index (χ4n) is 6.24. The van der Waals surface area contributed by atoms with Gasteiger partial charge in [0, 0.05) is 23.6 Å². The number of thioether (sulfide) groups is 1. The molecule has 0 aliphatic carbocycles. The third-order valence-electron chi connectivity index (χ3n) is 8.58. The van der Waals surface area contributed by atoms with Crippen LogP contribution in [0.15, 0.2) is 108 Å². The first-order valence-electron chi connectivity index (χ1n) is 17.4. The third kappa shape index (κ3) is 8.49. The molecule has 0 spiro atoms. The minimum atomic E-state index is -0.918. The van der Waals surface area contributed by atoms with Crippen LogP contribution in [-0.4, -0.2) is 69.7 Å². The molecule has 276 valence electrons. The third-order valence-corrected chi connectivity index (χ3v) is 9.88. The Balaban J connectivity index is 1.30. The van der Waals surface area contributed by atoms with E-state index in [1.165, 1.54) is 16.7 Å². The summed E-state index contributed by atoms with van der Waals surface area (Å²) in [6.07, 6.45) is 0.554. The second kappa shape index (κ2) is 14.9. The first-order chi connectivity index (χ1) is 25.1. The molecule has 0 aromatic heterocycles. The van der Waals surface area contributed by atoms with Crippen molar-refractivity contribution >= 4 is 47.3 Å². The average Bonchev–Trinajstić information content (AvgIpc) is 3.47. The van der Waals surface area contributed by atoms with Crippen LogP contribution >= 0.6 is 11.8 Å². The second-order valence-corrected chi connectivity index (χ2v) is 16.0. The lowest BCUT2D eigenvalue weighted by molar-refractivity contribution is -0.153. The van der Waals surface area contributed by atoms with Gasteiger partial charge < -0.3 is 24.4 Å². The van der Waals surface area contributed by atoms with Crippen LogP contribution in [0.25, 0.3) is 0 Å². The number of carbonyl (C=O) groups excluding carboxylic acids is 5. The molecular formula is C41H43N3O8S. The van der Waals surface area contributed by atoms with Gasteiger partial charge in [0.25, 0.3) is 11.8 Å². The van der Waals surface area contributed by atoms with Crippen LogP contribution in [0.3, 0.4) is 0 Å². The molecule has 2 fully saturated rings. The Morgan fingerprint density at radius 3 is 1.96 bits per heavy atom. The molecule has 0 bridgehead atoms. The molecule has 3 aliphatic rings. The zero-order valence-corrected chi connectivity index (χ0v) is 31.4. The van der Waals surface area contributed by atoms with Crippen molar-refractivity contribution in [2.75, 3.05) is 17.2 Å². The van der Waals surface area contributed by atoms with Crippen molar-refractivity contribution in [3.8, 4) is 0 Å². The van der Waals surface area contributed by atoms with Crippen molar-refractivity contribution in [3.05, 3.63) is 125 Å². The van der Waals surface area contributed by atoms with Gasteiger partial charge >= 0.3 is 18.0 Å². The quantitative estimate of drug-likeness (QED) is 0.116. The Morgan fingerprint density at radius 2 is 1.40 bits per heavy atom. The normalized spacial score (nSPS) is 19.6. The summed E-state index contributed by atoms with van der Waals surface area (Å²) in [5, 5.41) is 2.07. The molecule has 3 aliphatic heterocycles. The number of ether oxygens (including phenoxy) is 3. The number of nitrogens with one attached hydrogen (secondary N) is 1. The van der Waals surface area contributed by atoms with E-state index in [2.05, 4.69) is 5.32 Å². The fraction of sp³-hybridized carbons (Fsp3) is 0.341. The molecule has 0 radical (unpaired) electrons. The number of hydrogen-bond donors (Lipinski definition) is 1. The lowest BCUT2D eigenvalue weighted by atomic mass is 10.00. The van der Waals surface area contributed by atoms with Crippen molar-refractivity contribution in [2.45, 2.75) is 76.7 Å². The summed E-state index contributed by atoms with van der Waals surface area (Å²) in [5.74, 6) is -1.66. The van der Waals surface area contributed by atoms with Gasteiger partial charge in [0.2, 0.25) is 0 Å². The summed E-state index contributed by atoms with van der Waals surface area (Å²) in [4.78, 5) is 70.1. The van der Waals surface area contributed by atoms with Crippen molar-refractivity contribution in [2.24, 2.45) is 0 Å². The maximum absolute atomic E-state index is 14.4. The number of nitrogens with zero attached hydrogens (tertiary/aromatic N) is 2. The summed E-state index contributed by atoms with van der Waals surface area (Å²) >= 11 is 1.37. The smallest absolute Gasteiger partial charge is 0.408 e. The number of anilines is 1. The number of alkyl carbamates (subject to hydrolysis) is 1. The minimum Gasteiger partial charge on any atom is -0.456 e. The van der Waals surface area contributed by atoms with E-state index in [0.29, 0.717) is 35.4 Å². The lowest BCUT2D eigenvalue weighted by Crippen LogP contribution is -2.70. The Hall–Kier alpha value is -5.36. The van der Waals surface area contributed by atoms with Crippen molar-refractivity contribution in [1.29, 1.82) is 0 Å². The zero-order valence-electron chi connectivity index (χ0n) is 30.6. The molecule has 3 amide bonds. The second-order valence-electron chi connectivity index (χ2n) is 14.9. The molecule has 3 aromatic rings. The number of amides is 3. The predicted molar refractivity (Wildman–Crippen MR) is 201 cm³/mol. The van der Waals surface area contributed by atoms with Crippen LogP contribution in [0.1, 0.15) is 75.6 Å². The SMILES string of the molecule is CC(C)(C)OC(=O)NC1C(=O)N2C(C(=O)OC(c3ccccc3)c3ccccc3)=C(/C=C3\CCN(c4ccc(C(=O)OC(C)(C)C)cc4)C3=O)CSC12. The minimum absolute atomic E-state index is 0.0262. The van der Waals surface area contributed by atoms with Gasteiger partial charge in [-0.2, -0.15) is 0 Å².